The fourth-order valence-corrected chi connectivity index (χ4v) is 4.70. The molecule has 2 heterocycles. The average molecular weight is 623 g/mol. The second-order valence-corrected chi connectivity index (χ2v) is 10.4. The second kappa shape index (κ2) is 14.5. The molecule has 46 heavy (non-hydrogen) atoms. The van der Waals surface area contributed by atoms with Gasteiger partial charge in [-0.1, -0.05) is 77.2 Å². The fraction of sp³-hybridized carbons (Fsp3) is 0.188. The first-order valence-electron chi connectivity index (χ1n) is 14.3. The molecule has 0 unspecified atom stereocenters. The van der Waals surface area contributed by atoms with Crippen LogP contribution in [0.4, 0.5) is 0 Å². The second-order valence-electron chi connectivity index (χ2n) is 10.4. The highest BCUT2D eigenvalue weighted by atomic mass is 16.4. The Balaban J connectivity index is 1.15. The molecule has 2 amide bonds. The number of carbonyl (C=O) groups is 4. The Hall–Kier alpha value is -6.18. The van der Waals surface area contributed by atoms with Gasteiger partial charge < -0.3 is 20.8 Å². The van der Waals surface area contributed by atoms with Gasteiger partial charge in [-0.2, -0.15) is 0 Å². The van der Waals surface area contributed by atoms with E-state index in [9.17, 15) is 29.4 Å². The number of nitrogens with zero attached hydrogens (tertiary/aromatic N) is 6. The van der Waals surface area contributed by atoms with Crippen molar-refractivity contribution in [3.8, 4) is 0 Å². The summed E-state index contributed by atoms with van der Waals surface area (Å²) in [5.41, 5.74) is 2.85. The van der Waals surface area contributed by atoms with E-state index in [1.807, 2.05) is 60.7 Å². The highest BCUT2D eigenvalue weighted by molar-refractivity contribution is 5.99. The van der Waals surface area contributed by atoms with Crippen LogP contribution in [-0.4, -0.2) is 64.0 Å². The topological polar surface area (TPSA) is 194 Å². The number of amides is 2. The Morgan fingerprint density at radius 3 is 1.41 bits per heavy atom. The molecule has 0 spiro atoms. The van der Waals surface area contributed by atoms with E-state index < -0.39 is 35.8 Å². The van der Waals surface area contributed by atoms with Crippen LogP contribution in [0, 0.1) is 0 Å². The summed E-state index contributed by atoms with van der Waals surface area (Å²) in [6.07, 6.45) is 3.39. The van der Waals surface area contributed by atoms with Gasteiger partial charge in [-0.05, 0) is 29.3 Å². The van der Waals surface area contributed by atoms with Crippen molar-refractivity contribution in [1.29, 1.82) is 0 Å². The highest BCUT2D eigenvalue weighted by Gasteiger charge is 2.23. The van der Waals surface area contributed by atoms with E-state index in [0.29, 0.717) is 11.4 Å². The minimum absolute atomic E-state index is 0.00972. The first-order valence-corrected chi connectivity index (χ1v) is 14.3. The molecule has 5 rings (SSSR count). The van der Waals surface area contributed by atoms with Gasteiger partial charge in [-0.3, -0.25) is 9.59 Å². The summed E-state index contributed by atoms with van der Waals surface area (Å²) < 4.78 is 2.51. The van der Waals surface area contributed by atoms with Crippen molar-refractivity contribution in [3.05, 3.63) is 131 Å². The lowest BCUT2D eigenvalue weighted by atomic mass is 10.1. The zero-order valence-electron chi connectivity index (χ0n) is 24.4. The van der Waals surface area contributed by atoms with Gasteiger partial charge in [0.15, 0.2) is 12.1 Å². The largest absolute Gasteiger partial charge is 0.480 e. The van der Waals surface area contributed by atoms with Crippen LogP contribution in [0.25, 0.3) is 0 Å². The lowest BCUT2D eigenvalue weighted by molar-refractivity contribution is -0.142. The first kappa shape index (κ1) is 31.3. The van der Waals surface area contributed by atoms with E-state index in [0.717, 1.165) is 11.1 Å². The maximum atomic E-state index is 12.9. The van der Waals surface area contributed by atoms with Crippen molar-refractivity contribution in [1.82, 2.24) is 40.6 Å². The molecule has 14 nitrogen and oxygen atoms in total. The number of aromatic nitrogens is 6. The van der Waals surface area contributed by atoms with Gasteiger partial charge in [-0.25, -0.2) is 19.0 Å². The molecular formula is C32H30N8O6. The smallest absolute Gasteiger partial charge is 0.328 e. The molecule has 0 saturated carbocycles. The van der Waals surface area contributed by atoms with Gasteiger partial charge in [0.2, 0.25) is 0 Å². The average Bonchev–Trinajstić information content (AvgIpc) is 3.74. The SMILES string of the molecule is O=C(NCc1cn([C@@H](Cc2ccccc2)C(=O)O)nn1)c1cccc(C(=O)NCc2cn([C@@H](Cc3ccccc3)C(=O)O)nn2)c1. The molecule has 0 aliphatic rings. The number of hydrogen-bond donors (Lipinski definition) is 4. The Labute approximate surface area is 262 Å². The van der Waals surface area contributed by atoms with Gasteiger partial charge in [0.25, 0.3) is 11.8 Å². The lowest BCUT2D eigenvalue weighted by Crippen LogP contribution is -2.25. The van der Waals surface area contributed by atoms with Crippen LogP contribution >= 0.6 is 0 Å². The maximum Gasteiger partial charge on any atom is 0.328 e. The number of carboxylic acids is 2. The molecule has 2 aromatic heterocycles. The van der Waals surface area contributed by atoms with E-state index in [4.69, 9.17) is 0 Å². The monoisotopic (exact) mass is 622 g/mol. The molecule has 0 aliphatic heterocycles. The van der Waals surface area contributed by atoms with Crippen molar-refractivity contribution >= 4 is 23.8 Å². The molecule has 4 N–H and O–H groups in total. The molecule has 0 aliphatic carbocycles. The third-order valence-electron chi connectivity index (χ3n) is 7.12. The van der Waals surface area contributed by atoms with Crippen molar-refractivity contribution in [2.45, 2.75) is 38.0 Å². The quantitative estimate of drug-likeness (QED) is 0.143. The van der Waals surface area contributed by atoms with Crippen LogP contribution in [0.15, 0.2) is 97.3 Å². The van der Waals surface area contributed by atoms with Crippen LogP contribution in [0.2, 0.25) is 0 Å². The molecule has 0 fully saturated rings. The Kier molecular flexibility index (Phi) is 9.87. The number of rotatable bonds is 14. The molecule has 0 bridgehead atoms. The molecule has 2 atom stereocenters. The van der Waals surface area contributed by atoms with Gasteiger partial charge in [0.05, 0.1) is 25.5 Å². The van der Waals surface area contributed by atoms with Crippen LogP contribution in [0.1, 0.15) is 55.3 Å². The van der Waals surface area contributed by atoms with E-state index in [2.05, 4.69) is 31.3 Å². The number of carbonyl (C=O) groups excluding carboxylic acids is 2. The normalized spacial score (nSPS) is 12.2. The highest BCUT2D eigenvalue weighted by Crippen LogP contribution is 2.16. The molecule has 234 valence electrons. The standard InChI is InChI=1S/C32H30N8O6/c41-29(33-17-25-19-39(37-35-25)27(31(43)44)14-21-8-3-1-4-9-21)23-12-7-13-24(16-23)30(42)34-18-26-20-40(38-36-26)28(32(45)46)15-22-10-5-2-6-11-22/h1-13,16,19-20,27-28H,14-15,17-18H2,(H,33,41)(H,34,42)(H,43,44)(H,45,46)/t27-,28-/m0/s1. The van der Waals surface area contributed by atoms with Crippen LogP contribution < -0.4 is 10.6 Å². The van der Waals surface area contributed by atoms with Crippen molar-refractivity contribution in [2.24, 2.45) is 0 Å². The summed E-state index contributed by atoms with van der Waals surface area (Å²) in [6.45, 7) is -0.0194. The van der Waals surface area contributed by atoms with E-state index in [1.165, 1.54) is 27.8 Å². The predicted molar refractivity (Wildman–Crippen MR) is 162 cm³/mol. The van der Waals surface area contributed by atoms with E-state index in [-0.39, 0.29) is 37.1 Å². The zero-order chi connectivity index (χ0) is 32.5. The molecule has 14 heteroatoms. The van der Waals surface area contributed by atoms with Gasteiger partial charge in [0, 0.05) is 24.0 Å². The van der Waals surface area contributed by atoms with Gasteiger partial charge >= 0.3 is 11.9 Å². The molecule has 0 saturated heterocycles. The predicted octanol–water partition coefficient (Wildman–Crippen LogP) is 2.47. The summed E-state index contributed by atoms with van der Waals surface area (Å²) in [6, 6.07) is 22.5. The zero-order valence-corrected chi connectivity index (χ0v) is 24.4. The van der Waals surface area contributed by atoms with Crippen LogP contribution in [0.3, 0.4) is 0 Å². The summed E-state index contributed by atoms with van der Waals surface area (Å²) in [7, 11) is 0. The summed E-state index contributed by atoms with van der Waals surface area (Å²) in [5, 5.41) is 40.7. The maximum absolute atomic E-state index is 12.9. The molecular weight excluding hydrogens is 592 g/mol. The Bertz CT molecular complexity index is 1690. The van der Waals surface area contributed by atoms with Gasteiger partial charge in [-0.15, -0.1) is 10.2 Å². The molecule has 0 radical (unpaired) electrons. The molecule has 5 aromatic rings. The lowest BCUT2D eigenvalue weighted by Gasteiger charge is -2.12. The van der Waals surface area contributed by atoms with Crippen LogP contribution in [-0.2, 0) is 35.5 Å². The Morgan fingerprint density at radius 1 is 0.609 bits per heavy atom. The number of nitrogens with one attached hydrogen (secondary N) is 2. The number of benzene rings is 3. The summed E-state index contributed by atoms with van der Waals surface area (Å²) >= 11 is 0. The summed E-state index contributed by atoms with van der Waals surface area (Å²) in [4.78, 5) is 49.5. The molecule has 3 aromatic carbocycles. The number of aliphatic carboxylic acids is 2. The summed E-state index contributed by atoms with van der Waals surface area (Å²) in [5.74, 6) is -3.05. The number of hydrogen-bond acceptors (Lipinski definition) is 8. The van der Waals surface area contributed by atoms with Crippen molar-refractivity contribution < 1.29 is 29.4 Å². The third kappa shape index (κ3) is 8.05. The third-order valence-corrected chi connectivity index (χ3v) is 7.12. The minimum Gasteiger partial charge on any atom is -0.480 e. The van der Waals surface area contributed by atoms with Crippen LogP contribution in [0.5, 0.6) is 0 Å². The Morgan fingerprint density at radius 2 is 1.02 bits per heavy atom. The fourth-order valence-electron chi connectivity index (χ4n) is 4.70. The van der Waals surface area contributed by atoms with Crippen molar-refractivity contribution in [3.63, 3.8) is 0 Å². The number of carboxylic acid groups (broad SMARTS) is 2. The first-order chi connectivity index (χ1) is 22.3. The van der Waals surface area contributed by atoms with Gasteiger partial charge in [0.1, 0.15) is 11.4 Å². The van der Waals surface area contributed by atoms with Crippen molar-refractivity contribution in [2.75, 3.05) is 0 Å². The van der Waals surface area contributed by atoms with E-state index in [1.54, 1.807) is 18.2 Å². The van der Waals surface area contributed by atoms with E-state index >= 15 is 0 Å². The minimum atomic E-state index is -1.06.